The van der Waals surface area contributed by atoms with E-state index in [-0.39, 0.29) is 6.10 Å². The molecular formula is C13H20O2. The molecule has 0 aliphatic carbocycles. The Morgan fingerprint density at radius 3 is 2.33 bits per heavy atom. The normalized spacial score (nSPS) is 12.5. The Labute approximate surface area is 91.9 Å². The van der Waals surface area contributed by atoms with E-state index in [1.807, 2.05) is 19.1 Å². The zero-order valence-electron chi connectivity index (χ0n) is 9.79. The summed E-state index contributed by atoms with van der Waals surface area (Å²) in [6, 6.07) is 6.16. The summed E-state index contributed by atoms with van der Waals surface area (Å²) in [5, 5.41) is 9.37. The molecule has 1 unspecified atom stereocenters. The van der Waals surface area contributed by atoms with Gasteiger partial charge in [0.1, 0.15) is 5.75 Å². The van der Waals surface area contributed by atoms with Gasteiger partial charge < -0.3 is 9.84 Å². The predicted molar refractivity (Wildman–Crippen MR) is 62.3 cm³/mol. The molecule has 15 heavy (non-hydrogen) atoms. The van der Waals surface area contributed by atoms with Crippen LogP contribution in [-0.2, 0) is 0 Å². The topological polar surface area (TPSA) is 29.5 Å². The van der Waals surface area contributed by atoms with Crippen LogP contribution in [0.15, 0.2) is 18.2 Å². The van der Waals surface area contributed by atoms with Crippen LogP contribution < -0.4 is 4.74 Å². The van der Waals surface area contributed by atoms with E-state index < -0.39 is 0 Å². The average molecular weight is 208 g/mol. The third-order valence-corrected chi connectivity index (χ3v) is 2.39. The largest absolute Gasteiger partial charge is 0.493 e. The van der Waals surface area contributed by atoms with Crippen molar-refractivity contribution in [1.82, 2.24) is 0 Å². The van der Waals surface area contributed by atoms with E-state index in [4.69, 9.17) is 4.74 Å². The predicted octanol–water partition coefficient (Wildman–Crippen LogP) is 2.84. The fourth-order valence-electron chi connectivity index (χ4n) is 1.53. The van der Waals surface area contributed by atoms with Gasteiger partial charge in [-0.1, -0.05) is 13.0 Å². The third-order valence-electron chi connectivity index (χ3n) is 2.39. The smallest absolute Gasteiger partial charge is 0.119 e. The molecule has 1 aromatic rings. The quantitative estimate of drug-likeness (QED) is 0.806. The molecule has 0 bridgehead atoms. The minimum atomic E-state index is -0.240. The first-order chi connectivity index (χ1) is 7.11. The molecule has 0 fully saturated rings. The van der Waals surface area contributed by atoms with Crippen LogP contribution in [0.25, 0.3) is 0 Å². The van der Waals surface area contributed by atoms with E-state index in [0.717, 1.165) is 12.2 Å². The summed E-state index contributed by atoms with van der Waals surface area (Å²) in [7, 11) is 0. The van der Waals surface area contributed by atoms with Crippen LogP contribution >= 0.6 is 0 Å². The van der Waals surface area contributed by atoms with E-state index in [1.54, 1.807) is 0 Å². The fourth-order valence-corrected chi connectivity index (χ4v) is 1.53. The van der Waals surface area contributed by atoms with E-state index >= 15 is 0 Å². The number of rotatable bonds is 5. The van der Waals surface area contributed by atoms with Crippen LogP contribution in [0.3, 0.4) is 0 Å². The van der Waals surface area contributed by atoms with Gasteiger partial charge in [0, 0.05) is 6.42 Å². The van der Waals surface area contributed by atoms with Gasteiger partial charge in [0.25, 0.3) is 0 Å². The van der Waals surface area contributed by atoms with E-state index in [1.165, 1.54) is 11.1 Å². The van der Waals surface area contributed by atoms with E-state index in [0.29, 0.717) is 13.0 Å². The number of aliphatic hydroxyl groups excluding tert-OH is 1. The highest BCUT2D eigenvalue weighted by molar-refractivity contribution is 5.32. The molecule has 2 heteroatoms. The second kappa shape index (κ2) is 5.76. The lowest BCUT2D eigenvalue weighted by Crippen LogP contribution is -2.10. The second-order valence-corrected chi connectivity index (χ2v) is 4.02. The number of hydrogen-bond acceptors (Lipinski definition) is 2. The van der Waals surface area contributed by atoms with Gasteiger partial charge in [0.2, 0.25) is 0 Å². The molecule has 0 aromatic heterocycles. The van der Waals surface area contributed by atoms with Gasteiger partial charge in [-0.15, -0.1) is 0 Å². The third kappa shape index (κ3) is 4.34. The molecule has 1 rings (SSSR count). The zero-order valence-corrected chi connectivity index (χ0v) is 9.79. The van der Waals surface area contributed by atoms with Gasteiger partial charge >= 0.3 is 0 Å². The maximum absolute atomic E-state index is 9.37. The maximum atomic E-state index is 9.37. The highest BCUT2D eigenvalue weighted by atomic mass is 16.5. The molecule has 1 atom stereocenters. The Morgan fingerprint density at radius 2 is 1.80 bits per heavy atom. The Morgan fingerprint density at radius 1 is 1.20 bits per heavy atom. The van der Waals surface area contributed by atoms with Crippen LogP contribution in [0.1, 0.15) is 30.9 Å². The van der Waals surface area contributed by atoms with Crippen molar-refractivity contribution in [3.05, 3.63) is 29.3 Å². The molecule has 0 amide bonds. The second-order valence-electron chi connectivity index (χ2n) is 4.02. The first kappa shape index (κ1) is 12.1. The Hall–Kier alpha value is -1.02. The molecule has 0 saturated carbocycles. The zero-order chi connectivity index (χ0) is 11.3. The van der Waals surface area contributed by atoms with E-state index in [2.05, 4.69) is 19.9 Å². The highest BCUT2D eigenvalue weighted by Gasteiger charge is 2.01. The minimum Gasteiger partial charge on any atom is -0.493 e. The van der Waals surface area contributed by atoms with Gasteiger partial charge in [-0.25, -0.2) is 0 Å². The van der Waals surface area contributed by atoms with Crippen molar-refractivity contribution < 1.29 is 9.84 Å². The van der Waals surface area contributed by atoms with Crippen molar-refractivity contribution in [2.75, 3.05) is 6.61 Å². The Balaban J connectivity index is 2.43. The summed E-state index contributed by atoms with van der Waals surface area (Å²) in [5.41, 5.74) is 2.42. The molecule has 84 valence electrons. The van der Waals surface area contributed by atoms with Crippen molar-refractivity contribution in [1.29, 1.82) is 0 Å². The molecular weight excluding hydrogens is 188 g/mol. The van der Waals surface area contributed by atoms with Gasteiger partial charge in [-0.05, 0) is 43.5 Å². The first-order valence-corrected chi connectivity index (χ1v) is 5.51. The van der Waals surface area contributed by atoms with Gasteiger partial charge in [0.05, 0.1) is 12.7 Å². The monoisotopic (exact) mass is 208 g/mol. The molecule has 0 aliphatic heterocycles. The molecule has 2 nitrogen and oxygen atoms in total. The highest BCUT2D eigenvalue weighted by Crippen LogP contribution is 2.16. The summed E-state index contributed by atoms with van der Waals surface area (Å²) in [6.45, 7) is 6.67. The van der Waals surface area contributed by atoms with Crippen LogP contribution in [0, 0.1) is 13.8 Å². The number of aliphatic hydroxyl groups is 1. The lowest BCUT2D eigenvalue weighted by Gasteiger charge is -2.10. The Bertz CT molecular complexity index is 287. The van der Waals surface area contributed by atoms with Crippen LogP contribution in [-0.4, -0.2) is 17.8 Å². The van der Waals surface area contributed by atoms with Crippen molar-refractivity contribution in [3.8, 4) is 5.75 Å². The molecule has 1 aromatic carbocycles. The van der Waals surface area contributed by atoms with Gasteiger partial charge in [-0.3, -0.25) is 0 Å². The summed E-state index contributed by atoms with van der Waals surface area (Å²) < 4.78 is 5.58. The molecule has 0 radical (unpaired) electrons. The van der Waals surface area contributed by atoms with Crippen molar-refractivity contribution in [2.45, 2.75) is 39.7 Å². The standard InChI is InChI=1S/C13H20O2/c1-4-12(14)5-6-15-13-8-10(2)7-11(3)9-13/h7-9,12,14H,4-6H2,1-3H3. The molecule has 0 heterocycles. The number of aryl methyl sites for hydroxylation is 2. The molecule has 0 saturated heterocycles. The SMILES string of the molecule is CCC(O)CCOc1cc(C)cc(C)c1. The minimum absolute atomic E-state index is 0.240. The lowest BCUT2D eigenvalue weighted by molar-refractivity contribution is 0.135. The molecule has 1 N–H and O–H groups in total. The summed E-state index contributed by atoms with van der Waals surface area (Å²) >= 11 is 0. The van der Waals surface area contributed by atoms with E-state index in [9.17, 15) is 5.11 Å². The number of hydrogen-bond donors (Lipinski definition) is 1. The Kier molecular flexibility index (Phi) is 4.63. The van der Waals surface area contributed by atoms with Crippen molar-refractivity contribution >= 4 is 0 Å². The van der Waals surface area contributed by atoms with Crippen LogP contribution in [0.4, 0.5) is 0 Å². The summed E-state index contributed by atoms with van der Waals surface area (Å²) in [6.07, 6.45) is 1.25. The fraction of sp³-hybridized carbons (Fsp3) is 0.538. The van der Waals surface area contributed by atoms with Gasteiger partial charge in [0.15, 0.2) is 0 Å². The first-order valence-electron chi connectivity index (χ1n) is 5.51. The molecule has 0 spiro atoms. The maximum Gasteiger partial charge on any atom is 0.119 e. The molecule has 0 aliphatic rings. The van der Waals surface area contributed by atoms with Crippen LogP contribution in [0.5, 0.6) is 5.75 Å². The number of ether oxygens (including phenoxy) is 1. The average Bonchev–Trinajstić information content (AvgIpc) is 2.16. The van der Waals surface area contributed by atoms with Crippen molar-refractivity contribution in [2.24, 2.45) is 0 Å². The number of benzene rings is 1. The van der Waals surface area contributed by atoms with Crippen molar-refractivity contribution in [3.63, 3.8) is 0 Å². The van der Waals surface area contributed by atoms with Gasteiger partial charge in [-0.2, -0.15) is 0 Å². The van der Waals surface area contributed by atoms with Crippen LogP contribution in [0.2, 0.25) is 0 Å². The summed E-state index contributed by atoms with van der Waals surface area (Å²) in [4.78, 5) is 0. The summed E-state index contributed by atoms with van der Waals surface area (Å²) in [5.74, 6) is 0.899. The lowest BCUT2D eigenvalue weighted by atomic mass is 10.1.